The third-order valence-electron chi connectivity index (χ3n) is 4.66. The number of carboxylic acids is 1. The number of benzene rings is 1. The van der Waals surface area contributed by atoms with Gasteiger partial charge in [-0.3, -0.25) is 13.9 Å². The van der Waals surface area contributed by atoms with Crippen molar-refractivity contribution in [2.75, 3.05) is 0 Å². The molecule has 1 aromatic carbocycles. The second-order valence-electron chi connectivity index (χ2n) is 6.21. The first-order valence-corrected chi connectivity index (χ1v) is 7.60. The zero-order valence-electron chi connectivity index (χ0n) is 12.8. The molecule has 22 heavy (non-hydrogen) atoms. The maximum absolute atomic E-state index is 12.5. The lowest BCUT2D eigenvalue weighted by Gasteiger charge is -2.39. The van der Waals surface area contributed by atoms with Gasteiger partial charge in [0.05, 0.1) is 11.1 Å². The van der Waals surface area contributed by atoms with Gasteiger partial charge in [-0.15, -0.1) is 0 Å². The van der Waals surface area contributed by atoms with Crippen LogP contribution in [-0.2, 0) is 10.2 Å². The molecule has 1 aromatic heterocycles. The molecule has 1 aliphatic carbocycles. The van der Waals surface area contributed by atoms with Gasteiger partial charge in [-0.05, 0) is 38.3 Å². The van der Waals surface area contributed by atoms with Gasteiger partial charge in [0, 0.05) is 18.4 Å². The van der Waals surface area contributed by atoms with Crippen LogP contribution in [0.5, 0.6) is 0 Å². The average Bonchev–Trinajstić information content (AvgIpc) is 2.79. The summed E-state index contributed by atoms with van der Waals surface area (Å²) in [6.45, 7) is 3.89. The summed E-state index contributed by atoms with van der Waals surface area (Å²) in [6, 6.07) is 7.41. The number of aromatic nitrogens is 2. The number of rotatable bonds is 4. The molecule has 0 spiro atoms. The maximum atomic E-state index is 12.5. The maximum Gasteiger partial charge on any atom is 0.332 e. The Hall–Kier alpha value is -2.30. The van der Waals surface area contributed by atoms with Gasteiger partial charge in [0.15, 0.2) is 0 Å². The van der Waals surface area contributed by atoms with Crippen LogP contribution in [-0.4, -0.2) is 20.2 Å². The van der Waals surface area contributed by atoms with E-state index in [1.54, 1.807) is 21.5 Å². The predicted octanol–water partition coefficient (Wildman–Crippen LogP) is 2.73. The number of para-hydroxylation sites is 1. The molecule has 5 nitrogen and oxygen atoms in total. The number of hydrogen-bond donors (Lipinski definition) is 1. The second-order valence-corrected chi connectivity index (χ2v) is 6.21. The van der Waals surface area contributed by atoms with Gasteiger partial charge < -0.3 is 5.11 Å². The van der Waals surface area contributed by atoms with Crippen molar-refractivity contribution in [3.05, 3.63) is 52.7 Å². The van der Waals surface area contributed by atoms with E-state index >= 15 is 0 Å². The van der Waals surface area contributed by atoms with Gasteiger partial charge in [-0.2, -0.15) is 0 Å². The standard InChI is InChI=1S/C17H20N2O3/c1-12(2)18-10-11-19(16(18)22)14-7-4-3-6-13(14)17(15(20)21)8-5-9-17/h3-4,6-7,10-12H,5,8-9H2,1-2H3,(H,20,21). The Balaban J connectivity index is 2.18. The first-order valence-electron chi connectivity index (χ1n) is 7.60. The van der Waals surface area contributed by atoms with E-state index in [9.17, 15) is 14.7 Å². The molecule has 2 aromatic rings. The van der Waals surface area contributed by atoms with Gasteiger partial charge in [-0.25, -0.2) is 4.79 Å². The van der Waals surface area contributed by atoms with E-state index in [1.807, 2.05) is 38.1 Å². The number of aliphatic carboxylic acids is 1. The minimum absolute atomic E-state index is 0.0676. The van der Waals surface area contributed by atoms with Crippen molar-refractivity contribution < 1.29 is 9.90 Å². The molecule has 1 aliphatic rings. The predicted molar refractivity (Wildman–Crippen MR) is 83.6 cm³/mol. The Morgan fingerprint density at radius 3 is 2.41 bits per heavy atom. The molecule has 1 N–H and O–H groups in total. The van der Waals surface area contributed by atoms with Gasteiger partial charge in [0.2, 0.25) is 0 Å². The molecule has 0 radical (unpaired) electrons. The molecule has 0 unspecified atom stereocenters. The van der Waals surface area contributed by atoms with Crippen LogP contribution in [0.4, 0.5) is 0 Å². The Morgan fingerprint density at radius 1 is 1.23 bits per heavy atom. The van der Waals surface area contributed by atoms with Gasteiger partial charge >= 0.3 is 11.7 Å². The Bertz CT molecular complexity index is 766. The summed E-state index contributed by atoms with van der Waals surface area (Å²) in [5.41, 5.74) is 0.421. The molecule has 0 atom stereocenters. The molecular formula is C17H20N2O3. The Kier molecular flexibility index (Phi) is 3.43. The molecule has 0 aliphatic heterocycles. The molecule has 1 fully saturated rings. The number of carboxylic acid groups (broad SMARTS) is 1. The van der Waals surface area contributed by atoms with E-state index in [-0.39, 0.29) is 11.7 Å². The SMILES string of the molecule is CC(C)n1ccn(-c2ccccc2C2(C(=O)O)CCC2)c1=O. The lowest BCUT2D eigenvalue weighted by Crippen LogP contribution is -2.43. The highest BCUT2D eigenvalue weighted by Gasteiger charge is 2.47. The third-order valence-corrected chi connectivity index (χ3v) is 4.66. The van der Waals surface area contributed by atoms with Crippen molar-refractivity contribution in [2.24, 2.45) is 0 Å². The van der Waals surface area contributed by atoms with Crippen molar-refractivity contribution in [2.45, 2.75) is 44.6 Å². The summed E-state index contributed by atoms with van der Waals surface area (Å²) in [5.74, 6) is -0.803. The normalized spacial score (nSPS) is 16.5. The molecule has 0 bridgehead atoms. The first-order chi connectivity index (χ1) is 10.5. The van der Waals surface area contributed by atoms with E-state index in [1.165, 1.54) is 0 Å². The lowest BCUT2D eigenvalue weighted by molar-refractivity contribution is -0.147. The zero-order valence-corrected chi connectivity index (χ0v) is 12.8. The van der Waals surface area contributed by atoms with Crippen molar-refractivity contribution in [1.82, 2.24) is 9.13 Å². The van der Waals surface area contributed by atoms with Gasteiger partial charge in [-0.1, -0.05) is 24.6 Å². The van der Waals surface area contributed by atoms with E-state index in [4.69, 9.17) is 0 Å². The minimum Gasteiger partial charge on any atom is -0.481 e. The summed E-state index contributed by atoms with van der Waals surface area (Å²) in [7, 11) is 0. The number of imidazole rings is 1. The summed E-state index contributed by atoms with van der Waals surface area (Å²) in [6.07, 6.45) is 5.62. The summed E-state index contributed by atoms with van der Waals surface area (Å²) in [4.78, 5) is 24.3. The van der Waals surface area contributed by atoms with Crippen molar-refractivity contribution >= 4 is 5.97 Å². The second kappa shape index (κ2) is 5.16. The van der Waals surface area contributed by atoms with Crippen molar-refractivity contribution in [1.29, 1.82) is 0 Å². The number of nitrogens with zero attached hydrogens (tertiary/aromatic N) is 2. The van der Waals surface area contributed by atoms with Crippen LogP contribution in [0, 0.1) is 0 Å². The zero-order chi connectivity index (χ0) is 15.9. The minimum atomic E-state index is -0.851. The van der Waals surface area contributed by atoms with Crippen LogP contribution >= 0.6 is 0 Å². The third kappa shape index (κ3) is 2.00. The Morgan fingerprint density at radius 2 is 1.91 bits per heavy atom. The van der Waals surface area contributed by atoms with Gasteiger partial charge in [0.1, 0.15) is 0 Å². The average molecular weight is 300 g/mol. The molecule has 1 saturated carbocycles. The summed E-state index contributed by atoms with van der Waals surface area (Å²) in [5, 5.41) is 9.68. The van der Waals surface area contributed by atoms with Crippen LogP contribution in [0.1, 0.15) is 44.7 Å². The summed E-state index contributed by atoms with van der Waals surface area (Å²) >= 11 is 0. The highest BCUT2D eigenvalue weighted by atomic mass is 16.4. The largest absolute Gasteiger partial charge is 0.481 e. The van der Waals surface area contributed by atoms with Crippen LogP contribution in [0.3, 0.4) is 0 Å². The van der Waals surface area contributed by atoms with Gasteiger partial charge in [0.25, 0.3) is 0 Å². The highest BCUT2D eigenvalue weighted by molar-refractivity contribution is 5.84. The van der Waals surface area contributed by atoms with Crippen LogP contribution in [0.15, 0.2) is 41.5 Å². The molecule has 3 rings (SSSR count). The number of carbonyl (C=O) groups is 1. The first kappa shape index (κ1) is 14.6. The Labute approximate surface area is 128 Å². The fraction of sp³-hybridized carbons (Fsp3) is 0.412. The van der Waals surface area contributed by atoms with E-state index < -0.39 is 11.4 Å². The fourth-order valence-corrected chi connectivity index (χ4v) is 3.18. The molecule has 0 saturated heterocycles. The topological polar surface area (TPSA) is 64.2 Å². The molecule has 1 heterocycles. The van der Waals surface area contributed by atoms with E-state index in [0.717, 1.165) is 12.0 Å². The van der Waals surface area contributed by atoms with Crippen molar-refractivity contribution in [3.8, 4) is 5.69 Å². The molecule has 0 amide bonds. The van der Waals surface area contributed by atoms with Crippen LogP contribution < -0.4 is 5.69 Å². The summed E-state index contributed by atoms with van der Waals surface area (Å²) < 4.78 is 3.20. The number of hydrogen-bond acceptors (Lipinski definition) is 2. The van der Waals surface area contributed by atoms with E-state index in [2.05, 4.69) is 0 Å². The lowest BCUT2D eigenvalue weighted by atomic mass is 9.64. The smallest absolute Gasteiger partial charge is 0.332 e. The van der Waals surface area contributed by atoms with Crippen molar-refractivity contribution in [3.63, 3.8) is 0 Å². The van der Waals surface area contributed by atoms with E-state index in [0.29, 0.717) is 18.5 Å². The highest BCUT2D eigenvalue weighted by Crippen LogP contribution is 2.45. The molecule has 5 heteroatoms. The fourth-order valence-electron chi connectivity index (χ4n) is 3.18. The molecule has 116 valence electrons. The van der Waals surface area contributed by atoms with Crippen LogP contribution in [0.25, 0.3) is 5.69 Å². The van der Waals surface area contributed by atoms with Crippen LogP contribution in [0.2, 0.25) is 0 Å². The quantitative estimate of drug-likeness (QED) is 0.944. The molecular weight excluding hydrogens is 280 g/mol. The monoisotopic (exact) mass is 300 g/mol.